The fourth-order valence-corrected chi connectivity index (χ4v) is 2.93. The highest BCUT2D eigenvalue weighted by Crippen LogP contribution is 2.23. The summed E-state index contributed by atoms with van der Waals surface area (Å²) in [6, 6.07) is 5.79. The van der Waals surface area contributed by atoms with Crippen LogP contribution in [0.2, 0.25) is 0 Å². The molecule has 26 heavy (non-hydrogen) atoms. The van der Waals surface area contributed by atoms with Gasteiger partial charge in [-0.05, 0) is 24.4 Å². The van der Waals surface area contributed by atoms with Gasteiger partial charge in [0, 0.05) is 31.5 Å². The van der Waals surface area contributed by atoms with Gasteiger partial charge in [-0.3, -0.25) is 4.79 Å². The van der Waals surface area contributed by atoms with Gasteiger partial charge in [-0.1, -0.05) is 0 Å². The maximum atomic E-state index is 11.0. The molecule has 1 amide bonds. The average Bonchev–Trinajstić information content (AvgIpc) is 2.88. The third kappa shape index (κ3) is 4.83. The van der Waals surface area contributed by atoms with Crippen LogP contribution in [0.15, 0.2) is 18.2 Å². The van der Waals surface area contributed by atoms with E-state index in [1.165, 1.54) is 4.90 Å². The number of ether oxygens (including phenoxy) is 2. The van der Waals surface area contributed by atoms with Crippen molar-refractivity contribution in [3.8, 4) is 11.5 Å². The van der Waals surface area contributed by atoms with Gasteiger partial charge < -0.3 is 24.7 Å². The van der Waals surface area contributed by atoms with Gasteiger partial charge in [0.05, 0.1) is 21.3 Å². The number of nitrogens with zero attached hydrogens (tertiary/aromatic N) is 3. The number of hydrogen-bond donors (Lipinski definition) is 2. The van der Waals surface area contributed by atoms with E-state index in [2.05, 4.69) is 12.1 Å². The molecule has 3 N–H and O–H groups in total. The van der Waals surface area contributed by atoms with Crippen molar-refractivity contribution in [3.05, 3.63) is 34.4 Å². The second-order valence-corrected chi connectivity index (χ2v) is 6.56. The normalized spacial score (nSPS) is 12.0. The first-order chi connectivity index (χ1) is 12.3. The number of hydrogen-bond acceptors (Lipinski definition) is 5. The summed E-state index contributed by atoms with van der Waals surface area (Å²) in [5.41, 5.74) is 6.29. The summed E-state index contributed by atoms with van der Waals surface area (Å²) in [7, 11) is 7.19. The fourth-order valence-electron chi connectivity index (χ4n) is 2.72. The quantitative estimate of drug-likeness (QED) is 0.601. The van der Waals surface area contributed by atoms with E-state index < -0.39 is 0 Å². The molecule has 0 fully saturated rings. The second kappa shape index (κ2) is 8.81. The Hall–Kier alpha value is -2.39. The summed E-state index contributed by atoms with van der Waals surface area (Å²) >= 11 is 5.45. The van der Waals surface area contributed by atoms with Crippen LogP contribution < -0.4 is 20.1 Å². The number of nitrogens with one attached hydrogen (secondary N) is 1. The molecule has 0 spiro atoms. The molecule has 1 heterocycles. The summed E-state index contributed by atoms with van der Waals surface area (Å²) in [4.78, 5) is 12.2. The minimum atomic E-state index is -0.347. The maximum Gasteiger partial charge on any atom is 0.217 e. The standard InChI is InChI=1S/C17H25N5O3S/c1-20(10-12-5-6-13(24-3)9-14(12)25-4)11-22-17(26)21(2)16(19-22)8-7-15(18)23/h5-6,9H,7-8,10-11H2,1-4H3,(H2,18,23)/p+1. The molecule has 2 rings (SSSR count). The van der Waals surface area contributed by atoms with Crippen molar-refractivity contribution in [1.82, 2.24) is 14.3 Å². The van der Waals surface area contributed by atoms with Crippen LogP contribution in [0.5, 0.6) is 11.5 Å². The van der Waals surface area contributed by atoms with Crippen molar-refractivity contribution in [2.45, 2.75) is 26.1 Å². The van der Waals surface area contributed by atoms with Gasteiger partial charge in [0.1, 0.15) is 23.9 Å². The molecule has 0 saturated carbocycles. The van der Waals surface area contributed by atoms with E-state index in [1.807, 2.05) is 29.8 Å². The first kappa shape index (κ1) is 19.9. The highest BCUT2D eigenvalue weighted by Gasteiger charge is 2.14. The third-order valence-electron chi connectivity index (χ3n) is 4.13. The molecular weight excluding hydrogens is 354 g/mol. The Kier molecular flexibility index (Phi) is 6.76. The molecular formula is C17H26N5O3S+. The van der Waals surface area contributed by atoms with Crippen molar-refractivity contribution in [3.63, 3.8) is 0 Å². The molecule has 9 heteroatoms. The monoisotopic (exact) mass is 380 g/mol. The number of nitrogens with two attached hydrogens (primary N) is 1. The minimum Gasteiger partial charge on any atom is -0.497 e. The van der Waals surface area contributed by atoms with Crippen LogP contribution in [0.25, 0.3) is 0 Å². The van der Waals surface area contributed by atoms with E-state index in [-0.39, 0.29) is 12.3 Å². The lowest BCUT2D eigenvalue weighted by molar-refractivity contribution is -0.917. The molecule has 0 aliphatic heterocycles. The van der Waals surface area contributed by atoms with Gasteiger partial charge in [-0.25, -0.2) is 0 Å². The molecule has 0 aliphatic carbocycles. The van der Waals surface area contributed by atoms with E-state index in [9.17, 15) is 4.79 Å². The highest BCUT2D eigenvalue weighted by atomic mass is 32.1. The van der Waals surface area contributed by atoms with E-state index in [0.717, 1.165) is 29.4 Å². The number of methoxy groups -OCH3 is 2. The lowest BCUT2D eigenvalue weighted by Crippen LogP contribution is -3.07. The number of primary amides is 1. The molecule has 142 valence electrons. The molecule has 0 bridgehead atoms. The summed E-state index contributed by atoms with van der Waals surface area (Å²) in [6.07, 6.45) is 0.735. The van der Waals surface area contributed by atoms with Gasteiger partial charge >= 0.3 is 0 Å². The molecule has 1 atom stereocenters. The Labute approximate surface area is 158 Å². The predicted molar refractivity (Wildman–Crippen MR) is 99.7 cm³/mol. The van der Waals surface area contributed by atoms with Gasteiger partial charge in [0.15, 0.2) is 6.67 Å². The Morgan fingerprint density at radius 1 is 1.35 bits per heavy atom. The Morgan fingerprint density at radius 3 is 2.69 bits per heavy atom. The minimum absolute atomic E-state index is 0.255. The molecule has 2 aromatic rings. The Balaban J connectivity index is 2.10. The van der Waals surface area contributed by atoms with Crippen molar-refractivity contribution in [2.24, 2.45) is 12.8 Å². The largest absolute Gasteiger partial charge is 0.497 e. The second-order valence-electron chi connectivity index (χ2n) is 6.19. The Morgan fingerprint density at radius 2 is 2.08 bits per heavy atom. The summed E-state index contributed by atoms with van der Waals surface area (Å²) in [6.45, 7) is 1.33. The van der Waals surface area contributed by atoms with Crippen LogP contribution in [-0.4, -0.2) is 41.5 Å². The van der Waals surface area contributed by atoms with E-state index in [0.29, 0.717) is 17.9 Å². The Bertz CT molecular complexity index is 830. The van der Waals surface area contributed by atoms with Crippen LogP contribution >= 0.6 is 12.2 Å². The number of carbonyl (C=O) groups excluding carboxylic acids is 1. The lowest BCUT2D eigenvalue weighted by Gasteiger charge is -2.16. The van der Waals surface area contributed by atoms with Crippen molar-refractivity contribution in [2.75, 3.05) is 21.3 Å². The molecule has 0 saturated heterocycles. The molecule has 0 radical (unpaired) electrons. The lowest BCUT2D eigenvalue weighted by atomic mass is 10.2. The fraction of sp³-hybridized carbons (Fsp3) is 0.471. The van der Waals surface area contributed by atoms with Crippen molar-refractivity contribution in [1.29, 1.82) is 0 Å². The SMILES string of the molecule is COc1ccc(C[NH+](C)Cn2nc(CCC(N)=O)n(C)c2=S)c(OC)c1. The number of aryl methyl sites for hydroxylation is 1. The topological polar surface area (TPSA) is 88.7 Å². The van der Waals surface area contributed by atoms with Gasteiger partial charge in [-0.15, -0.1) is 0 Å². The smallest absolute Gasteiger partial charge is 0.217 e. The molecule has 1 aromatic heterocycles. The summed E-state index contributed by atoms with van der Waals surface area (Å²) in [5.74, 6) is 1.95. The van der Waals surface area contributed by atoms with Crippen LogP contribution in [0, 0.1) is 4.77 Å². The first-order valence-corrected chi connectivity index (χ1v) is 8.69. The van der Waals surface area contributed by atoms with Crippen molar-refractivity contribution < 1.29 is 19.2 Å². The predicted octanol–water partition coefficient (Wildman–Crippen LogP) is 0.0586. The van der Waals surface area contributed by atoms with Gasteiger partial charge in [-0.2, -0.15) is 9.78 Å². The van der Waals surface area contributed by atoms with Crippen LogP contribution in [-0.2, 0) is 31.5 Å². The highest BCUT2D eigenvalue weighted by molar-refractivity contribution is 7.71. The number of carbonyl (C=O) groups is 1. The number of quaternary nitrogens is 1. The first-order valence-electron chi connectivity index (χ1n) is 8.29. The third-order valence-corrected chi connectivity index (χ3v) is 4.62. The number of amides is 1. The molecule has 1 aromatic carbocycles. The zero-order valence-corrected chi connectivity index (χ0v) is 16.4. The number of benzene rings is 1. The van der Waals surface area contributed by atoms with E-state index >= 15 is 0 Å². The number of rotatable bonds is 9. The summed E-state index contributed by atoms with van der Waals surface area (Å²) < 4.78 is 14.9. The maximum absolute atomic E-state index is 11.0. The van der Waals surface area contributed by atoms with E-state index in [1.54, 1.807) is 18.9 Å². The zero-order valence-electron chi connectivity index (χ0n) is 15.6. The van der Waals surface area contributed by atoms with Crippen LogP contribution in [0.3, 0.4) is 0 Å². The summed E-state index contributed by atoms with van der Waals surface area (Å²) in [5, 5.41) is 4.53. The van der Waals surface area contributed by atoms with E-state index in [4.69, 9.17) is 27.4 Å². The molecule has 8 nitrogen and oxygen atoms in total. The van der Waals surface area contributed by atoms with Crippen molar-refractivity contribution >= 4 is 18.1 Å². The molecule has 1 unspecified atom stereocenters. The zero-order chi connectivity index (χ0) is 19.3. The number of aromatic nitrogens is 3. The van der Waals surface area contributed by atoms with Gasteiger partial charge in [0.2, 0.25) is 10.7 Å². The average molecular weight is 380 g/mol. The van der Waals surface area contributed by atoms with Gasteiger partial charge in [0.25, 0.3) is 0 Å². The van der Waals surface area contributed by atoms with Crippen LogP contribution in [0.1, 0.15) is 17.8 Å². The molecule has 0 aliphatic rings. The van der Waals surface area contributed by atoms with Crippen LogP contribution in [0.4, 0.5) is 0 Å².